The number of nitrogens with one attached hydrogen (secondary N) is 1. The Kier molecular flexibility index (Phi) is 4.38. The van der Waals surface area contributed by atoms with Crippen molar-refractivity contribution in [3.05, 3.63) is 70.6 Å². The third kappa shape index (κ3) is 3.30. The van der Waals surface area contributed by atoms with Gasteiger partial charge in [-0.2, -0.15) is 0 Å². The predicted octanol–water partition coefficient (Wildman–Crippen LogP) is 2.45. The van der Waals surface area contributed by atoms with Crippen LogP contribution in [0.1, 0.15) is 27.9 Å². The fourth-order valence-electron chi connectivity index (χ4n) is 3.59. The summed E-state index contributed by atoms with van der Waals surface area (Å²) >= 11 is 0. The fourth-order valence-corrected chi connectivity index (χ4v) is 4.81. The molecule has 2 aliphatic rings. The van der Waals surface area contributed by atoms with Crippen molar-refractivity contribution in [1.82, 2.24) is 10.2 Å². The van der Waals surface area contributed by atoms with Gasteiger partial charge in [-0.3, -0.25) is 9.69 Å². The van der Waals surface area contributed by atoms with E-state index in [-0.39, 0.29) is 16.8 Å². The van der Waals surface area contributed by atoms with E-state index in [2.05, 4.69) is 22.3 Å². The first-order chi connectivity index (χ1) is 12.5. The van der Waals surface area contributed by atoms with Crippen molar-refractivity contribution in [2.45, 2.75) is 23.9 Å². The number of benzene rings is 2. The van der Waals surface area contributed by atoms with E-state index < -0.39 is 9.84 Å². The molecule has 0 unspecified atom stereocenters. The summed E-state index contributed by atoms with van der Waals surface area (Å²) in [5, 5.41) is 4.22. The average Bonchev–Trinajstić information content (AvgIpc) is 3.20. The summed E-state index contributed by atoms with van der Waals surface area (Å²) in [4.78, 5) is 15.2. The first-order valence-corrected chi connectivity index (χ1v) is 10.2. The number of hydrogen-bond acceptors (Lipinski definition) is 4. The third-order valence-corrected chi connectivity index (χ3v) is 6.35. The highest BCUT2D eigenvalue weighted by Gasteiger charge is 2.28. The first-order valence-electron chi connectivity index (χ1n) is 8.66. The van der Waals surface area contributed by atoms with E-state index in [1.54, 1.807) is 18.2 Å². The molecule has 0 aromatic heterocycles. The van der Waals surface area contributed by atoms with Crippen LogP contribution < -0.4 is 5.32 Å². The zero-order valence-corrected chi connectivity index (χ0v) is 15.1. The number of carbonyl (C=O) groups excluding carboxylic acids is 1. The number of sulfone groups is 1. The van der Waals surface area contributed by atoms with Crippen molar-refractivity contribution in [2.24, 2.45) is 0 Å². The standard InChI is InChI=1S/C20H20N2O3S/c23-20(18-7-4-8-19-17(18)10-12-26(19,24)25)21-16-9-11-22(14-16)13-15-5-2-1-3-6-15/h1-8,10,12,16H,9,11,13-14H2,(H,21,23)/t16-/m1/s1. The minimum Gasteiger partial charge on any atom is -0.348 e. The molecule has 4 rings (SSSR count). The number of amides is 1. The molecule has 0 aliphatic carbocycles. The molecule has 6 heteroatoms. The van der Waals surface area contributed by atoms with E-state index in [0.29, 0.717) is 11.1 Å². The number of fused-ring (bicyclic) bond motifs is 1. The normalized spacial score (nSPS) is 20.8. The lowest BCUT2D eigenvalue weighted by molar-refractivity contribution is 0.0937. The molecule has 0 spiro atoms. The van der Waals surface area contributed by atoms with Crippen LogP contribution in [0.25, 0.3) is 6.08 Å². The number of rotatable bonds is 4. The molecule has 0 bridgehead atoms. The maximum Gasteiger partial charge on any atom is 0.252 e. The zero-order chi connectivity index (χ0) is 18.1. The van der Waals surface area contributed by atoms with Crippen LogP contribution in [0.15, 0.2) is 58.8 Å². The van der Waals surface area contributed by atoms with Gasteiger partial charge in [0.2, 0.25) is 0 Å². The van der Waals surface area contributed by atoms with E-state index in [0.717, 1.165) is 31.5 Å². The Hall–Kier alpha value is -2.44. The molecular formula is C20H20N2O3S. The van der Waals surface area contributed by atoms with Crippen molar-refractivity contribution in [3.63, 3.8) is 0 Å². The van der Waals surface area contributed by atoms with E-state index in [9.17, 15) is 13.2 Å². The van der Waals surface area contributed by atoms with Gasteiger partial charge in [0.05, 0.1) is 4.90 Å². The van der Waals surface area contributed by atoms with Crippen molar-refractivity contribution in [2.75, 3.05) is 13.1 Å². The Morgan fingerprint density at radius 1 is 1.12 bits per heavy atom. The van der Waals surface area contributed by atoms with Crippen molar-refractivity contribution >= 4 is 21.8 Å². The second-order valence-corrected chi connectivity index (χ2v) is 8.55. The lowest BCUT2D eigenvalue weighted by atomic mass is 10.1. The molecule has 1 atom stereocenters. The number of nitrogens with zero attached hydrogens (tertiary/aromatic N) is 1. The summed E-state index contributed by atoms with van der Waals surface area (Å²) in [7, 11) is -3.40. The van der Waals surface area contributed by atoms with E-state index in [1.807, 2.05) is 18.2 Å². The molecule has 0 radical (unpaired) electrons. The molecule has 2 heterocycles. The Morgan fingerprint density at radius 3 is 2.73 bits per heavy atom. The molecule has 2 aromatic carbocycles. The predicted molar refractivity (Wildman–Crippen MR) is 100 cm³/mol. The van der Waals surface area contributed by atoms with Gasteiger partial charge >= 0.3 is 0 Å². The number of hydrogen-bond donors (Lipinski definition) is 1. The van der Waals surface area contributed by atoms with Gasteiger partial charge in [0.25, 0.3) is 5.91 Å². The highest BCUT2D eigenvalue weighted by atomic mass is 32.2. The summed E-state index contributed by atoms with van der Waals surface area (Å²) < 4.78 is 23.9. The lowest BCUT2D eigenvalue weighted by Gasteiger charge is -2.17. The van der Waals surface area contributed by atoms with Crippen LogP contribution in [0.2, 0.25) is 0 Å². The molecule has 1 fully saturated rings. The minimum absolute atomic E-state index is 0.0732. The van der Waals surface area contributed by atoms with Gasteiger partial charge in [-0.15, -0.1) is 0 Å². The van der Waals surface area contributed by atoms with Gasteiger partial charge in [0, 0.05) is 42.2 Å². The monoisotopic (exact) mass is 368 g/mol. The molecule has 0 saturated carbocycles. The average molecular weight is 368 g/mol. The molecule has 1 amide bonds. The molecule has 2 aliphatic heterocycles. The molecule has 26 heavy (non-hydrogen) atoms. The Morgan fingerprint density at radius 2 is 1.92 bits per heavy atom. The quantitative estimate of drug-likeness (QED) is 0.900. The second kappa shape index (κ2) is 6.70. The SMILES string of the molecule is O=C(N[C@@H]1CCN(Cc2ccccc2)C1)c1cccc2c1C=CS2(=O)=O. The van der Waals surface area contributed by atoms with Crippen molar-refractivity contribution in [3.8, 4) is 0 Å². The van der Waals surface area contributed by atoms with Crippen LogP contribution in [-0.4, -0.2) is 38.4 Å². The number of likely N-dealkylation sites (tertiary alicyclic amines) is 1. The van der Waals surface area contributed by atoms with Gasteiger partial charge in [0.1, 0.15) is 0 Å². The maximum atomic E-state index is 12.7. The summed E-state index contributed by atoms with van der Waals surface area (Å²) in [6.45, 7) is 2.60. The fraction of sp³-hybridized carbons (Fsp3) is 0.250. The first kappa shape index (κ1) is 17.0. The van der Waals surface area contributed by atoms with Gasteiger partial charge in [-0.1, -0.05) is 36.4 Å². The zero-order valence-electron chi connectivity index (χ0n) is 14.3. The van der Waals surface area contributed by atoms with Crippen LogP contribution in [0.3, 0.4) is 0 Å². The second-order valence-electron chi connectivity index (χ2n) is 6.74. The summed E-state index contributed by atoms with van der Waals surface area (Å²) in [6.07, 6.45) is 2.40. The van der Waals surface area contributed by atoms with Gasteiger partial charge in [0.15, 0.2) is 9.84 Å². The summed E-state index contributed by atoms with van der Waals surface area (Å²) in [5.41, 5.74) is 2.17. The summed E-state index contributed by atoms with van der Waals surface area (Å²) in [5.74, 6) is -0.213. The smallest absolute Gasteiger partial charge is 0.252 e. The van der Waals surface area contributed by atoms with Crippen LogP contribution in [0.5, 0.6) is 0 Å². The van der Waals surface area contributed by atoms with Gasteiger partial charge in [-0.25, -0.2) is 8.42 Å². The minimum atomic E-state index is -3.40. The van der Waals surface area contributed by atoms with E-state index in [4.69, 9.17) is 0 Å². The van der Waals surface area contributed by atoms with Gasteiger partial charge < -0.3 is 5.32 Å². The Labute approximate surface area is 153 Å². The van der Waals surface area contributed by atoms with E-state index in [1.165, 1.54) is 11.6 Å². The molecular weight excluding hydrogens is 348 g/mol. The van der Waals surface area contributed by atoms with Crippen molar-refractivity contribution < 1.29 is 13.2 Å². The molecule has 5 nitrogen and oxygen atoms in total. The van der Waals surface area contributed by atoms with Gasteiger partial charge in [-0.05, 0) is 30.2 Å². The maximum absolute atomic E-state index is 12.7. The molecule has 134 valence electrons. The van der Waals surface area contributed by atoms with Crippen LogP contribution in [-0.2, 0) is 16.4 Å². The Bertz CT molecular complexity index is 968. The third-order valence-electron chi connectivity index (χ3n) is 4.89. The van der Waals surface area contributed by atoms with Crippen molar-refractivity contribution in [1.29, 1.82) is 0 Å². The molecule has 2 aromatic rings. The number of carbonyl (C=O) groups is 1. The topological polar surface area (TPSA) is 66.5 Å². The summed E-state index contributed by atoms with van der Waals surface area (Å²) in [6, 6.07) is 15.2. The molecule has 1 saturated heterocycles. The highest BCUT2D eigenvalue weighted by molar-refractivity contribution is 7.94. The van der Waals surface area contributed by atoms with Crippen LogP contribution >= 0.6 is 0 Å². The highest BCUT2D eigenvalue weighted by Crippen LogP contribution is 2.29. The van der Waals surface area contributed by atoms with E-state index >= 15 is 0 Å². The largest absolute Gasteiger partial charge is 0.348 e. The molecule has 1 N–H and O–H groups in total. The van der Waals surface area contributed by atoms with Crippen LogP contribution in [0, 0.1) is 0 Å². The van der Waals surface area contributed by atoms with Crippen LogP contribution in [0.4, 0.5) is 0 Å². The Balaban J connectivity index is 1.42. The lowest BCUT2D eigenvalue weighted by Crippen LogP contribution is -2.37.